The van der Waals surface area contributed by atoms with Crippen molar-refractivity contribution >= 4 is 0 Å². The van der Waals surface area contributed by atoms with Crippen molar-refractivity contribution < 1.29 is 36.4 Å². The number of benzene rings is 4. The Morgan fingerprint density at radius 2 is 0.724 bits per heavy atom. The van der Waals surface area contributed by atoms with Gasteiger partial charge < -0.3 is 10.2 Å². The predicted molar refractivity (Wildman–Crippen MR) is 115 cm³/mol. The molecule has 0 unspecified atom stereocenters. The standard InChI is InChI=1S/2C13H12O.Zr/c2*14-13-9-5-4-8-12(13)10-11-6-2-1-3-7-11;/h2*1-9,14H,10H2;. The Balaban J connectivity index is 0.000000200. The number of phenolic OH excluding ortho intramolecular Hbond substituents is 2. The summed E-state index contributed by atoms with van der Waals surface area (Å²) in [7, 11) is 0. The van der Waals surface area contributed by atoms with E-state index < -0.39 is 0 Å². The Morgan fingerprint density at radius 3 is 1.07 bits per heavy atom. The summed E-state index contributed by atoms with van der Waals surface area (Å²) in [4.78, 5) is 0. The van der Waals surface area contributed by atoms with Gasteiger partial charge in [-0.2, -0.15) is 0 Å². The van der Waals surface area contributed by atoms with E-state index in [9.17, 15) is 10.2 Å². The first-order valence-electron chi connectivity index (χ1n) is 9.34. The molecule has 0 aliphatic rings. The van der Waals surface area contributed by atoms with E-state index in [1.807, 2.05) is 72.8 Å². The molecule has 29 heavy (non-hydrogen) atoms. The molecule has 4 rings (SSSR count). The maximum Gasteiger partial charge on any atom is 0.119 e. The average Bonchev–Trinajstić information content (AvgIpc) is 2.74. The van der Waals surface area contributed by atoms with E-state index >= 15 is 0 Å². The summed E-state index contributed by atoms with van der Waals surface area (Å²) in [5.74, 6) is 0.743. The van der Waals surface area contributed by atoms with Crippen molar-refractivity contribution in [1.29, 1.82) is 0 Å². The zero-order valence-electron chi connectivity index (χ0n) is 16.2. The third-order valence-corrected chi connectivity index (χ3v) is 4.46. The summed E-state index contributed by atoms with van der Waals surface area (Å²) in [5, 5.41) is 19.1. The van der Waals surface area contributed by atoms with Crippen LogP contribution in [0.4, 0.5) is 0 Å². The van der Waals surface area contributed by atoms with E-state index in [0.29, 0.717) is 11.5 Å². The minimum Gasteiger partial charge on any atom is -0.508 e. The van der Waals surface area contributed by atoms with E-state index in [1.54, 1.807) is 12.1 Å². The molecule has 0 aliphatic heterocycles. The van der Waals surface area contributed by atoms with Crippen molar-refractivity contribution in [2.24, 2.45) is 0 Å². The van der Waals surface area contributed by atoms with Crippen molar-refractivity contribution in [3.05, 3.63) is 131 Å². The molecule has 4 aromatic carbocycles. The Bertz CT molecular complexity index is 902. The third-order valence-electron chi connectivity index (χ3n) is 4.46. The van der Waals surface area contributed by atoms with E-state index in [-0.39, 0.29) is 26.2 Å². The van der Waals surface area contributed by atoms with Gasteiger partial charge >= 0.3 is 0 Å². The normalized spacial score (nSPS) is 9.66. The van der Waals surface area contributed by atoms with Crippen molar-refractivity contribution in [2.75, 3.05) is 0 Å². The van der Waals surface area contributed by atoms with Crippen molar-refractivity contribution in [2.45, 2.75) is 12.8 Å². The number of hydrogen-bond acceptors (Lipinski definition) is 2. The molecule has 2 N–H and O–H groups in total. The van der Waals surface area contributed by atoms with Gasteiger partial charge in [0, 0.05) is 39.0 Å². The Hall–Kier alpha value is -2.64. The van der Waals surface area contributed by atoms with Crippen LogP contribution in [0.15, 0.2) is 109 Å². The Morgan fingerprint density at radius 1 is 0.414 bits per heavy atom. The number of para-hydroxylation sites is 2. The maximum absolute atomic E-state index is 9.57. The van der Waals surface area contributed by atoms with Gasteiger partial charge in [0.05, 0.1) is 0 Å². The molecule has 4 aromatic rings. The molecule has 0 amide bonds. The molecule has 3 heteroatoms. The van der Waals surface area contributed by atoms with Crippen LogP contribution in [0.2, 0.25) is 0 Å². The summed E-state index contributed by atoms with van der Waals surface area (Å²) in [6, 6.07) is 35.2. The van der Waals surface area contributed by atoms with Crippen LogP contribution >= 0.6 is 0 Å². The molecule has 0 bridgehead atoms. The third kappa shape index (κ3) is 7.36. The molecule has 2 nitrogen and oxygen atoms in total. The second-order valence-corrected chi connectivity index (χ2v) is 6.58. The number of hydrogen-bond donors (Lipinski definition) is 2. The predicted octanol–water partition coefficient (Wildman–Crippen LogP) is 5.96. The van der Waals surface area contributed by atoms with E-state index in [4.69, 9.17) is 0 Å². The van der Waals surface area contributed by atoms with Gasteiger partial charge in [0.25, 0.3) is 0 Å². The Labute approximate surface area is 191 Å². The molecule has 0 aliphatic carbocycles. The fraction of sp³-hybridized carbons (Fsp3) is 0.0769. The first-order valence-corrected chi connectivity index (χ1v) is 9.34. The minimum absolute atomic E-state index is 0. The van der Waals surface area contributed by atoms with Crippen LogP contribution in [0.5, 0.6) is 11.5 Å². The molecule has 0 saturated heterocycles. The van der Waals surface area contributed by atoms with Gasteiger partial charge in [-0.1, -0.05) is 97.1 Å². The molecule has 0 spiro atoms. The van der Waals surface area contributed by atoms with Crippen molar-refractivity contribution in [3.8, 4) is 11.5 Å². The molecular formula is C26H24O2Zr. The fourth-order valence-corrected chi connectivity index (χ4v) is 2.95. The smallest absolute Gasteiger partial charge is 0.119 e. The summed E-state index contributed by atoms with van der Waals surface area (Å²) < 4.78 is 0. The van der Waals surface area contributed by atoms with Gasteiger partial charge in [-0.3, -0.25) is 0 Å². The second kappa shape index (κ2) is 12.0. The van der Waals surface area contributed by atoms with Crippen molar-refractivity contribution in [3.63, 3.8) is 0 Å². The topological polar surface area (TPSA) is 40.5 Å². The maximum atomic E-state index is 9.57. The van der Waals surface area contributed by atoms with Crippen LogP contribution < -0.4 is 0 Å². The largest absolute Gasteiger partial charge is 0.508 e. The van der Waals surface area contributed by atoms with Crippen LogP contribution in [0.3, 0.4) is 0 Å². The summed E-state index contributed by atoms with van der Waals surface area (Å²) >= 11 is 0. The minimum atomic E-state index is 0. The molecule has 0 saturated carbocycles. The molecule has 0 aromatic heterocycles. The van der Waals surface area contributed by atoms with Crippen LogP contribution in [0, 0.1) is 0 Å². The first kappa shape index (κ1) is 22.7. The second-order valence-electron chi connectivity index (χ2n) is 6.58. The van der Waals surface area contributed by atoms with Crippen LogP contribution in [-0.2, 0) is 39.0 Å². The van der Waals surface area contributed by atoms with E-state index in [2.05, 4.69) is 24.3 Å². The molecular weight excluding hydrogens is 436 g/mol. The van der Waals surface area contributed by atoms with Crippen molar-refractivity contribution in [1.82, 2.24) is 0 Å². The van der Waals surface area contributed by atoms with Crippen LogP contribution in [0.1, 0.15) is 22.3 Å². The molecule has 144 valence electrons. The van der Waals surface area contributed by atoms with Crippen LogP contribution in [0.25, 0.3) is 0 Å². The molecule has 0 fully saturated rings. The summed E-state index contributed by atoms with van der Waals surface area (Å²) in [5.41, 5.74) is 4.38. The fourth-order valence-electron chi connectivity index (χ4n) is 2.95. The molecule has 0 heterocycles. The number of rotatable bonds is 4. The number of phenols is 2. The SMILES string of the molecule is Oc1ccccc1Cc1ccccc1.Oc1ccccc1Cc1ccccc1.[Zr]. The van der Waals surface area contributed by atoms with E-state index in [0.717, 1.165) is 24.0 Å². The zero-order valence-corrected chi connectivity index (χ0v) is 18.7. The molecule has 0 atom stereocenters. The van der Waals surface area contributed by atoms with E-state index in [1.165, 1.54) is 11.1 Å². The summed E-state index contributed by atoms with van der Waals surface area (Å²) in [6.07, 6.45) is 1.57. The monoisotopic (exact) mass is 458 g/mol. The van der Waals surface area contributed by atoms with Gasteiger partial charge in [-0.25, -0.2) is 0 Å². The van der Waals surface area contributed by atoms with Gasteiger partial charge in [0.15, 0.2) is 0 Å². The zero-order chi connectivity index (χ0) is 19.6. The van der Waals surface area contributed by atoms with Gasteiger partial charge in [0.2, 0.25) is 0 Å². The molecule has 0 radical (unpaired) electrons. The average molecular weight is 460 g/mol. The van der Waals surface area contributed by atoms with Crippen LogP contribution in [-0.4, -0.2) is 10.2 Å². The number of aromatic hydroxyl groups is 2. The van der Waals surface area contributed by atoms with Gasteiger partial charge in [0.1, 0.15) is 11.5 Å². The van der Waals surface area contributed by atoms with Gasteiger partial charge in [-0.15, -0.1) is 0 Å². The summed E-state index contributed by atoms with van der Waals surface area (Å²) in [6.45, 7) is 0. The Kier molecular flexibility index (Phi) is 9.40. The first-order chi connectivity index (χ1) is 13.7. The van der Waals surface area contributed by atoms with Gasteiger partial charge in [-0.05, 0) is 34.4 Å². The quantitative estimate of drug-likeness (QED) is 0.395.